The Hall–Kier alpha value is -2.48. The van der Waals surface area contributed by atoms with E-state index in [1.165, 1.54) is 26.0 Å². The molecule has 92 valence electrons. The van der Waals surface area contributed by atoms with Crippen LogP contribution in [0.15, 0.2) is 34.5 Å². The van der Waals surface area contributed by atoms with Gasteiger partial charge in [-0.2, -0.15) is 5.26 Å². The number of hydrogen-bond donors (Lipinski definition) is 1. The smallest absolute Gasteiger partial charge is 0.164 e. The maximum atomic E-state index is 13.3. The van der Waals surface area contributed by atoms with Crippen molar-refractivity contribution in [3.63, 3.8) is 0 Å². The van der Waals surface area contributed by atoms with Gasteiger partial charge < -0.3 is 5.11 Å². The Morgan fingerprint density at radius 3 is 2.67 bits per heavy atom. The number of nitrogens with zero attached hydrogens (tertiary/aromatic N) is 2. The van der Waals surface area contributed by atoms with Crippen LogP contribution in [-0.4, -0.2) is 17.1 Å². The van der Waals surface area contributed by atoms with E-state index < -0.39 is 5.82 Å². The standard InChI is InChI=1S/C13H11FN2O2/c1-8(17)11(9(2)18)7-16-13-5-3-4-12(14)10(13)6-15/h3-5,7,17H,1-2H3/b11-8+,16-7?. The second-order valence-corrected chi connectivity index (χ2v) is 3.56. The third-order valence-corrected chi connectivity index (χ3v) is 2.21. The highest BCUT2D eigenvalue weighted by Crippen LogP contribution is 2.21. The van der Waals surface area contributed by atoms with Crippen LogP contribution in [0.2, 0.25) is 0 Å². The van der Waals surface area contributed by atoms with Crippen LogP contribution >= 0.6 is 0 Å². The molecule has 1 aromatic rings. The van der Waals surface area contributed by atoms with Gasteiger partial charge in [-0.25, -0.2) is 4.39 Å². The molecule has 0 atom stereocenters. The van der Waals surface area contributed by atoms with Crippen LogP contribution in [0.4, 0.5) is 10.1 Å². The fourth-order valence-corrected chi connectivity index (χ4v) is 1.30. The first-order chi connectivity index (χ1) is 8.47. The van der Waals surface area contributed by atoms with E-state index in [0.29, 0.717) is 0 Å². The maximum absolute atomic E-state index is 13.3. The minimum absolute atomic E-state index is 0.0168. The van der Waals surface area contributed by atoms with Gasteiger partial charge in [-0.1, -0.05) is 6.07 Å². The second kappa shape index (κ2) is 5.73. The Balaban J connectivity index is 3.21. The molecule has 0 heterocycles. The number of rotatable bonds is 3. The molecule has 0 spiro atoms. The van der Waals surface area contributed by atoms with Crippen LogP contribution in [-0.2, 0) is 4.79 Å². The van der Waals surface area contributed by atoms with Crippen molar-refractivity contribution in [2.75, 3.05) is 0 Å². The predicted octanol–water partition coefficient (Wildman–Crippen LogP) is 2.82. The molecule has 0 bridgehead atoms. The Kier molecular flexibility index (Phi) is 4.33. The number of carbonyl (C=O) groups excluding carboxylic acids is 1. The van der Waals surface area contributed by atoms with Crippen LogP contribution in [0.3, 0.4) is 0 Å². The molecule has 5 heteroatoms. The number of Topliss-reactive ketones (excluding diaryl/α,β-unsaturated/α-hetero) is 1. The molecule has 0 aliphatic rings. The van der Waals surface area contributed by atoms with Crippen molar-refractivity contribution in [1.29, 1.82) is 5.26 Å². The maximum Gasteiger partial charge on any atom is 0.164 e. The lowest BCUT2D eigenvalue weighted by Gasteiger charge is -2.00. The molecule has 0 aliphatic carbocycles. The number of carbonyl (C=O) groups is 1. The van der Waals surface area contributed by atoms with Gasteiger partial charge in [0.05, 0.1) is 11.3 Å². The first-order valence-electron chi connectivity index (χ1n) is 5.10. The average molecular weight is 246 g/mol. The van der Waals surface area contributed by atoms with Crippen molar-refractivity contribution in [2.24, 2.45) is 4.99 Å². The van der Waals surface area contributed by atoms with Crippen LogP contribution in [0.5, 0.6) is 0 Å². The molecule has 0 saturated heterocycles. The fraction of sp³-hybridized carbons (Fsp3) is 0.154. The lowest BCUT2D eigenvalue weighted by molar-refractivity contribution is -0.113. The van der Waals surface area contributed by atoms with Crippen molar-refractivity contribution < 1.29 is 14.3 Å². The zero-order valence-electron chi connectivity index (χ0n) is 9.94. The van der Waals surface area contributed by atoms with Crippen LogP contribution in [0.1, 0.15) is 19.4 Å². The molecule has 4 nitrogen and oxygen atoms in total. The normalized spacial score (nSPS) is 12.1. The quantitative estimate of drug-likeness (QED) is 0.506. The molecule has 18 heavy (non-hydrogen) atoms. The highest BCUT2D eigenvalue weighted by atomic mass is 19.1. The summed E-state index contributed by atoms with van der Waals surface area (Å²) in [6, 6.07) is 5.70. The summed E-state index contributed by atoms with van der Waals surface area (Å²) in [4.78, 5) is 15.0. The lowest BCUT2D eigenvalue weighted by atomic mass is 10.1. The molecule has 1 N–H and O–H groups in total. The molecule has 0 unspecified atom stereocenters. The van der Waals surface area contributed by atoms with Gasteiger partial charge in [-0.15, -0.1) is 0 Å². The average Bonchev–Trinajstić information content (AvgIpc) is 2.28. The van der Waals surface area contributed by atoms with E-state index in [2.05, 4.69) is 4.99 Å². The molecule has 0 radical (unpaired) electrons. The van der Waals surface area contributed by atoms with Gasteiger partial charge in [-0.3, -0.25) is 9.79 Å². The summed E-state index contributed by atoms with van der Waals surface area (Å²) in [5.41, 5.74) is -0.0760. The molecule has 1 rings (SSSR count). The first-order valence-corrected chi connectivity index (χ1v) is 5.10. The second-order valence-electron chi connectivity index (χ2n) is 3.56. The largest absolute Gasteiger partial charge is 0.512 e. The van der Waals surface area contributed by atoms with E-state index >= 15 is 0 Å². The number of aliphatic imine (C=N–C) groups is 1. The summed E-state index contributed by atoms with van der Waals surface area (Å²) < 4.78 is 13.3. The first kappa shape index (κ1) is 13.6. The van der Waals surface area contributed by atoms with Crippen molar-refractivity contribution in [2.45, 2.75) is 13.8 Å². The van der Waals surface area contributed by atoms with Crippen LogP contribution in [0, 0.1) is 17.1 Å². The Labute approximate surface area is 104 Å². The Bertz CT molecular complexity index is 579. The highest BCUT2D eigenvalue weighted by Gasteiger charge is 2.08. The summed E-state index contributed by atoms with van der Waals surface area (Å²) in [5, 5.41) is 18.1. The van der Waals surface area contributed by atoms with Gasteiger partial charge >= 0.3 is 0 Å². The number of aliphatic hydroxyl groups is 1. The predicted molar refractivity (Wildman–Crippen MR) is 65.3 cm³/mol. The lowest BCUT2D eigenvalue weighted by Crippen LogP contribution is -2.01. The molecular formula is C13H11FN2O2. The topological polar surface area (TPSA) is 73.5 Å². The van der Waals surface area contributed by atoms with Gasteiger partial charge in [-0.05, 0) is 26.0 Å². The summed E-state index contributed by atoms with van der Waals surface area (Å²) >= 11 is 0. The van der Waals surface area contributed by atoms with Gasteiger partial charge in [0.1, 0.15) is 23.2 Å². The Morgan fingerprint density at radius 1 is 1.50 bits per heavy atom. The molecule has 0 saturated carbocycles. The van der Waals surface area contributed by atoms with E-state index in [9.17, 15) is 14.3 Å². The van der Waals surface area contributed by atoms with E-state index in [0.717, 1.165) is 12.3 Å². The van der Waals surface area contributed by atoms with E-state index in [1.54, 1.807) is 6.07 Å². The van der Waals surface area contributed by atoms with Crippen molar-refractivity contribution in [1.82, 2.24) is 0 Å². The highest BCUT2D eigenvalue weighted by molar-refractivity contribution is 6.13. The SMILES string of the molecule is CC(=O)/C(C=Nc1cccc(F)c1C#N)=C(\C)O. The summed E-state index contributed by atoms with van der Waals surface area (Å²) in [7, 11) is 0. The molecule has 0 fully saturated rings. The number of halogens is 1. The minimum Gasteiger partial charge on any atom is -0.512 e. The zero-order valence-corrected chi connectivity index (χ0v) is 9.94. The van der Waals surface area contributed by atoms with Gasteiger partial charge in [0.25, 0.3) is 0 Å². The zero-order chi connectivity index (χ0) is 13.7. The van der Waals surface area contributed by atoms with E-state index in [4.69, 9.17) is 5.26 Å². The van der Waals surface area contributed by atoms with E-state index in [-0.39, 0.29) is 28.4 Å². The number of aliphatic hydroxyl groups excluding tert-OH is 1. The van der Waals surface area contributed by atoms with Gasteiger partial charge in [0, 0.05) is 6.21 Å². The minimum atomic E-state index is -0.679. The summed E-state index contributed by atoms with van der Waals surface area (Å²) in [5.74, 6) is -1.23. The number of hydrogen-bond acceptors (Lipinski definition) is 4. The molecule has 1 aromatic carbocycles. The molecule has 0 aliphatic heterocycles. The van der Waals surface area contributed by atoms with Crippen molar-refractivity contribution in [3.05, 3.63) is 40.9 Å². The molecule has 0 aromatic heterocycles. The van der Waals surface area contributed by atoms with Crippen LogP contribution < -0.4 is 0 Å². The Morgan fingerprint density at radius 2 is 2.17 bits per heavy atom. The van der Waals surface area contributed by atoms with Crippen molar-refractivity contribution in [3.8, 4) is 6.07 Å². The van der Waals surface area contributed by atoms with Gasteiger partial charge in [0.15, 0.2) is 5.78 Å². The fourth-order valence-electron chi connectivity index (χ4n) is 1.30. The number of allylic oxidation sites excluding steroid dienone is 2. The van der Waals surface area contributed by atoms with E-state index in [1.807, 2.05) is 0 Å². The molecule has 0 amide bonds. The third kappa shape index (κ3) is 3.01. The van der Waals surface area contributed by atoms with Crippen LogP contribution in [0.25, 0.3) is 0 Å². The summed E-state index contributed by atoms with van der Waals surface area (Å²) in [6.45, 7) is 2.62. The number of benzene rings is 1. The molecular weight excluding hydrogens is 235 g/mol. The monoisotopic (exact) mass is 246 g/mol. The number of nitriles is 1. The van der Waals surface area contributed by atoms with Gasteiger partial charge in [0.2, 0.25) is 0 Å². The number of ketones is 1. The summed E-state index contributed by atoms with van der Waals surface area (Å²) in [6.07, 6.45) is 1.12. The van der Waals surface area contributed by atoms with Crippen molar-refractivity contribution >= 4 is 17.7 Å². The third-order valence-electron chi connectivity index (χ3n) is 2.21.